The number of hydrogen-bond donors (Lipinski definition) is 2. The fourth-order valence-electron chi connectivity index (χ4n) is 0.960. The quantitative estimate of drug-likeness (QED) is 0.664. The molecule has 1 aliphatic rings. The van der Waals surface area contributed by atoms with Gasteiger partial charge in [-0.3, -0.25) is 5.32 Å². The predicted octanol–water partition coefficient (Wildman–Crippen LogP) is 1.58. The number of allylic oxidation sites excluding steroid dienone is 2. The van der Waals surface area contributed by atoms with Gasteiger partial charge in [-0.25, -0.2) is 8.78 Å². The van der Waals surface area contributed by atoms with Crippen molar-refractivity contribution >= 4 is 0 Å². The Morgan fingerprint density at radius 2 is 2.17 bits per heavy atom. The summed E-state index contributed by atoms with van der Waals surface area (Å²) < 4.78 is 25.3. The van der Waals surface area contributed by atoms with Crippen LogP contribution in [0.5, 0.6) is 0 Å². The number of halogens is 2. The van der Waals surface area contributed by atoms with Gasteiger partial charge in [-0.2, -0.15) is 0 Å². The molecule has 1 atom stereocenters. The maximum Gasteiger partial charge on any atom is 0.141 e. The molecule has 0 spiro atoms. The van der Waals surface area contributed by atoms with Crippen molar-refractivity contribution in [2.24, 2.45) is 0 Å². The molecule has 2 nitrogen and oxygen atoms in total. The van der Waals surface area contributed by atoms with E-state index in [9.17, 15) is 8.78 Å². The molecule has 2 N–H and O–H groups in total. The van der Waals surface area contributed by atoms with Crippen LogP contribution in [0, 0.1) is 0 Å². The zero-order chi connectivity index (χ0) is 9.14. The SMILES string of the molecule is CC(C)NC1NC=C(F)C=C1F. The summed E-state index contributed by atoms with van der Waals surface area (Å²) in [6.45, 7) is 3.78. The number of dihydropyridines is 1. The van der Waals surface area contributed by atoms with E-state index in [0.717, 1.165) is 12.3 Å². The van der Waals surface area contributed by atoms with Crippen LogP contribution in [-0.2, 0) is 0 Å². The molecule has 0 bridgehead atoms. The van der Waals surface area contributed by atoms with Gasteiger partial charge in [0.05, 0.1) is 0 Å². The third-order valence-corrected chi connectivity index (χ3v) is 1.44. The van der Waals surface area contributed by atoms with E-state index in [2.05, 4.69) is 10.6 Å². The molecule has 68 valence electrons. The lowest BCUT2D eigenvalue weighted by Gasteiger charge is -2.22. The highest BCUT2D eigenvalue weighted by atomic mass is 19.1. The van der Waals surface area contributed by atoms with E-state index >= 15 is 0 Å². The molecule has 0 saturated heterocycles. The maximum atomic E-state index is 12.9. The minimum Gasteiger partial charge on any atom is -0.368 e. The van der Waals surface area contributed by atoms with Crippen LogP contribution in [0.1, 0.15) is 13.8 Å². The fourth-order valence-corrected chi connectivity index (χ4v) is 0.960. The van der Waals surface area contributed by atoms with Crippen LogP contribution in [0.15, 0.2) is 23.9 Å². The average Bonchev–Trinajstić information content (AvgIpc) is 1.94. The van der Waals surface area contributed by atoms with Crippen molar-refractivity contribution in [3.05, 3.63) is 23.9 Å². The topological polar surface area (TPSA) is 24.1 Å². The van der Waals surface area contributed by atoms with Crippen LogP contribution >= 0.6 is 0 Å². The second kappa shape index (κ2) is 3.67. The highest BCUT2D eigenvalue weighted by Gasteiger charge is 2.17. The largest absolute Gasteiger partial charge is 0.368 e. The van der Waals surface area contributed by atoms with Crippen LogP contribution in [0.25, 0.3) is 0 Å². The van der Waals surface area contributed by atoms with Gasteiger partial charge in [-0.15, -0.1) is 0 Å². The Hall–Kier alpha value is -0.900. The Balaban J connectivity index is 2.56. The van der Waals surface area contributed by atoms with Gasteiger partial charge in [0.15, 0.2) is 0 Å². The minimum absolute atomic E-state index is 0.149. The Labute approximate surface area is 70.3 Å². The van der Waals surface area contributed by atoms with Gasteiger partial charge in [0.25, 0.3) is 0 Å². The highest BCUT2D eigenvalue weighted by molar-refractivity contribution is 5.22. The first kappa shape index (κ1) is 9.19. The fraction of sp³-hybridized carbons (Fsp3) is 0.500. The molecule has 0 amide bonds. The molecule has 0 radical (unpaired) electrons. The molecule has 0 aromatic rings. The smallest absolute Gasteiger partial charge is 0.141 e. The molecule has 0 aliphatic carbocycles. The third-order valence-electron chi connectivity index (χ3n) is 1.44. The standard InChI is InChI=1S/C8H12F2N2/c1-5(2)12-8-7(10)3-6(9)4-11-8/h3-5,8,11-12H,1-2H3. The normalized spacial score (nSPS) is 23.2. The predicted molar refractivity (Wildman–Crippen MR) is 43.6 cm³/mol. The lowest BCUT2D eigenvalue weighted by molar-refractivity contribution is 0.392. The summed E-state index contributed by atoms with van der Waals surface area (Å²) in [6, 6.07) is 0.149. The summed E-state index contributed by atoms with van der Waals surface area (Å²) >= 11 is 0. The number of nitrogens with one attached hydrogen (secondary N) is 2. The summed E-state index contributed by atoms with van der Waals surface area (Å²) in [7, 11) is 0. The summed E-state index contributed by atoms with van der Waals surface area (Å²) in [6.07, 6.45) is 1.42. The molecule has 1 rings (SSSR count). The van der Waals surface area contributed by atoms with E-state index < -0.39 is 17.8 Å². The molecule has 0 aromatic carbocycles. The van der Waals surface area contributed by atoms with Gasteiger partial charge in [0.2, 0.25) is 0 Å². The molecular formula is C8H12F2N2. The van der Waals surface area contributed by atoms with Gasteiger partial charge >= 0.3 is 0 Å². The van der Waals surface area contributed by atoms with E-state index in [4.69, 9.17) is 0 Å². The number of hydrogen-bond acceptors (Lipinski definition) is 2. The van der Waals surface area contributed by atoms with Crippen LogP contribution in [0.3, 0.4) is 0 Å². The Morgan fingerprint density at radius 1 is 1.50 bits per heavy atom. The van der Waals surface area contributed by atoms with E-state index in [1.54, 1.807) is 0 Å². The zero-order valence-electron chi connectivity index (χ0n) is 7.07. The first-order valence-corrected chi connectivity index (χ1v) is 3.84. The van der Waals surface area contributed by atoms with Gasteiger partial charge in [-0.1, -0.05) is 0 Å². The van der Waals surface area contributed by atoms with Crippen molar-refractivity contribution in [3.8, 4) is 0 Å². The van der Waals surface area contributed by atoms with E-state index in [-0.39, 0.29) is 6.04 Å². The second-order valence-electron chi connectivity index (χ2n) is 2.98. The first-order chi connectivity index (χ1) is 5.59. The van der Waals surface area contributed by atoms with Crippen molar-refractivity contribution in [3.63, 3.8) is 0 Å². The molecule has 4 heteroatoms. The summed E-state index contributed by atoms with van der Waals surface area (Å²) in [5.74, 6) is -1.11. The van der Waals surface area contributed by atoms with Crippen molar-refractivity contribution in [1.82, 2.24) is 10.6 Å². The summed E-state index contributed by atoms with van der Waals surface area (Å²) in [5.41, 5.74) is 0. The van der Waals surface area contributed by atoms with Crippen molar-refractivity contribution in [2.45, 2.75) is 26.1 Å². The third kappa shape index (κ3) is 2.30. The molecule has 12 heavy (non-hydrogen) atoms. The Morgan fingerprint density at radius 3 is 2.67 bits per heavy atom. The Kier molecular flexibility index (Phi) is 2.81. The molecule has 1 unspecified atom stereocenters. The lowest BCUT2D eigenvalue weighted by Crippen LogP contribution is -2.45. The second-order valence-corrected chi connectivity index (χ2v) is 2.98. The monoisotopic (exact) mass is 174 g/mol. The van der Waals surface area contributed by atoms with Crippen LogP contribution in [0.4, 0.5) is 8.78 Å². The van der Waals surface area contributed by atoms with Crippen LogP contribution < -0.4 is 10.6 Å². The van der Waals surface area contributed by atoms with Gasteiger partial charge < -0.3 is 5.32 Å². The van der Waals surface area contributed by atoms with E-state index in [1.165, 1.54) is 0 Å². The Bertz CT molecular complexity index is 221. The van der Waals surface area contributed by atoms with Crippen molar-refractivity contribution < 1.29 is 8.78 Å². The summed E-state index contributed by atoms with van der Waals surface area (Å²) in [5, 5.41) is 5.44. The summed E-state index contributed by atoms with van der Waals surface area (Å²) in [4.78, 5) is 0. The zero-order valence-corrected chi connectivity index (χ0v) is 7.07. The lowest BCUT2D eigenvalue weighted by atomic mass is 10.2. The number of rotatable bonds is 2. The minimum atomic E-state index is -0.593. The molecule has 0 fully saturated rings. The van der Waals surface area contributed by atoms with Crippen LogP contribution in [0.2, 0.25) is 0 Å². The van der Waals surface area contributed by atoms with Gasteiger partial charge in [-0.05, 0) is 13.8 Å². The maximum absolute atomic E-state index is 12.9. The molecule has 1 heterocycles. The van der Waals surface area contributed by atoms with E-state index in [0.29, 0.717) is 0 Å². The first-order valence-electron chi connectivity index (χ1n) is 3.84. The molecular weight excluding hydrogens is 162 g/mol. The van der Waals surface area contributed by atoms with Gasteiger partial charge in [0.1, 0.15) is 17.8 Å². The average molecular weight is 174 g/mol. The van der Waals surface area contributed by atoms with Crippen LogP contribution in [-0.4, -0.2) is 12.2 Å². The van der Waals surface area contributed by atoms with Crippen molar-refractivity contribution in [1.29, 1.82) is 0 Å². The highest BCUT2D eigenvalue weighted by Crippen LogP contribution is 2.13. The molecule has 0 aromatic heterocycles. The molecule has 0 saturated carbocycles. The molecule has 1 aliphatic heterocycles. The van der Waals surface area contributed by atoms with Crippen molar-refractivity contribution in [2.75, 3.05) is 0 Å². The van der Waals surface area contributed by atoms with Gasteiger partial charge in [0, 0.05) is 18.3 Å². The van der Waals surface area contributed by atoms with E-state index in [1.807, 2.05) is 13.8 Å².